The third-order valence-corrected chi connectivity index (χ3v) is 8.11. The molecule has 0 aliphatic carbocycles. The molecular formula is C27H35N7O3S. The van der Waals surface area contributed by atoms with Crippen LogP contribution in [0.15, 0.2) is 47.6 Å². The van der Waals surface area contributed by atoms with Gasteiger partial charge >= 0.3 is 0 Å². The molecule has 3 aromatic rings. The molecule has 10 nitrogen and oxygen atoms in total. The Morgan fingerprint density at radius 2 is 1.97 bits per heavy atom. The van der Waals surface area contributed by atoms with Gasteiger partial charge in [0.15, 0.2) is 5.03 Å². The normalized spacial score (nSPS) is 16.9. The maximum Gasteiger partial charge on any atom is 0.281 e. The van der Waals surface area contributed by atoms with Crippen LogP contribution in [-0.4, -0.2) is 55.0 Å². The van der Waals surface area contributed by atoms with Crippen LogP contribution in [0.4, 0.5) is 17.5 Å². The summed E-state index contributed by atoms with van der Waals surface area (Å²) in [6, 6.07) is 9.59. The van der Waals surface area contributed by atoms with Gasteiger partial charge in [-0.15, -0.1) is 0 Å². The summed E-state index contributed by atoms with van der Waals surface area (Å²) < 4.78 is 28.0. The van der Waals surface area contributed by atoms with Gasteiger partial charge in [-0.25, -0.2) is 19.7 Å². The van der Waals surface area contributed by atoms with E-state index in [1.165, 1.54) is 18.2 Å². The molecular weight excluding hydrogens is 502 g/mol. The van der Waals surface area contributed by atoms with Gasteiger partial charge in [0, 0.05) is 37.4 Å². The highest BCUT2D eigenvalue weighted by molar-refractivity contribution is 7.90. The first kappa shape index (κ1) is 27.3. The van der Waals surface area contributed by atoms with Crippen molar-refractivity contribution in [1.82, 2.24) is 19.7 Å². The standard InChI is InChI=1S/C27H35N7O3S/c1-7-33(6)24-18(3)13-19(15-29-24)21-12-11-20(25(30-21)34-16-17(2)14-27(34,4)5)26(35)32-38(36,37)23-10-8-9-22(28)31-23/h8-13,15,17H,7,14,16H2,1-6H3,(H2,28,31)(H,32,35)/t17-/m0/s1. The maximum atomic E-state index is 13.4. The molecule has 4 heterocycles. The predicted octanol–water partition coefficient (Wildman–Crippen LogP) is 3.63. The molecule has 0 unspecified atom stereocenters. The zero-order valence-electron chi connectivity index (χ0n) is 22.7. The summed E-state index contributed by atoms with van der Waals surface area (Å²) >= 11 is 0. The van der Waals surface area contributed by atoms with Gasteiger partial charge in [-0.2, -0.15) is 8.42 Å². The minimum absolute atomic E-state index is 0.0416. The Balaban J connectivity index is 1.77. The van der Waals surface area contributed by atoms with Crippen molar-refractivity contribution < 1.29 is 13.2 Å². The fourth-order valence-electron chi connectivity index (χ4n) is 5.02. The highest BCUT2D eigenvalue weighted by Gasteiger charge is 2.39. The lowest BCUT2D eigenvalue weighted by molar-refractivity contribution is 0.0981. The van der Waals surface area contributed by atoms with Crippen molar-refractivity contribution in [2.24, 2.45) is 5.92 Å². The quantitative estimate of drug-likeness (QED) is 0.463. The fourth-order valence-corrected chi connectivity index (χ4v) is 5.96. The molecule has 1 fully saturated rings. The van der Waals surface area contributed by atoms with E-state index in [9.17, 15) is 13.2 Å². The Kier molecular flexibility index (Phi) is 7.33. The van der Waals surface area contributed by atoms with Crippen molar-refractivity contribution in [2.75, 3.05) is 35.7 Å². The Labute approximate surface area is 224 Å². The number of pyridine rings is 3. The molecule has 0 radical (unpaired) electrons. The smallest absolute Gasteiger partial charge is 0.281 e. The maximum absolute atomic E-state index is 13.4. The van der Waals surface area contributed by atoms with Gasteiger partial charge < -0.3 is 15.5 Å². The van der Waals surface area contributed by atoms with Crippen molar-refractivity contribution in [2.45, 2.75) is 51.6 Å². The number of nitrogen functional groups attached to an aromatic ring is 1. The average Bonchev–Trinajstić information content (AvgIpc) is 3.14. The highest BCUT2D eigenvalue weighted by Crippen LogP contribution is 2.38. The molecule has 1 atom stereocenters. The van der Waals surface area contributed by atoms with Gasteiger partial charge in [0.2, 0.25) is 0 Å². The van der Waals surface area contributed by atoms with Crippen LogP contribution in [0, 0.1) is 12.8 Å². The minimum Gasteiger partial charge on any atom is -0.384 e. The fraction of sp³-hybridized carbons (Fsp3) is 0.407. The molecule has 3 N–H and O–H groups in total. The summed E-state index contributed by atoms with van der Waals surface area (Å²) in [5, 5.41) is -0.328. The summed E-state index contributed by atoms with van der Waals surface area (Å²) in [6.07, 6.45) is 2.68. The number of hydrogen-bond donors (Lipinski definition) is 2. The Morgan fingerprint density at radius 3 is 2.58 bits per heavy atom. The lowest BCUT2D eigenvalue weighted by Gasteiger charge is -2.34. The van der Waals surface area contributed by atoms with E-state index in [4.69, 9.17) is 10.7 Å². The molecule has 0 spiro atoms. The van der Waals surface area contributed by atoms with E-state index < -0.39 is 15.9 Å². The van der Waals surface area contributed by atoms with E-state index in [2.05, 4.69) is 52.2 Å². The van der Waals surface area contributed by atoms with E-state index in [-0.39, 0.29) is 21.9 Å². The molecule has 0 saturated carbocycles. The van der Waals surface area contributed by atoms with Gasteiger partial charge in [0.1, 0.15) is 17.5 Å². The van der Waals surface area contributed by atoms with Crippen LogP contribution in [0.25, 0.3) is 11.3 Å². The number of carbonyl (C=O) groups excluding carboxylic acids is 1. The molecule has 3 aromatic heterocycles. The third kappa shape index (κ3) is 5.42. The molecule has 1 amide bonds. The molecule has 38 heavy (non-hydrogen) atoms. The van der Waals surface area contributed by atoms with Crippen molar-refractivity contribution in [1.29, 1.82) is 0 Å². The molecule has 202 valence electrons. The first-order chi connectivity index (χ1) is 17.8. The van der Waals surface area contributed by atoms with Crippen molar-refractivity contribution in [3.63, 3.8) is 0 Å². The van der Waals surface area contributed by atoms with E-state index in [0.29, 0.717) is 24.0 Å². The number of aromatic nitrogens is 3. The zero-order valence-corrected chi connectivity index (χ0v) is 23.5. The molecule has 1 aliphatic heterocycles. The molecule has 0 bridgehead atoms. The van der Waals surface area contributed by atoms with Gasteiger partial charge in [-0.3, -0.25) is 4.79 Å². The number of nitrogens with two attached hydrogens (primary N) is 1. The number of carbonyl (C=O) groups is 1. The Bertz CT molecular complexity index is 1470. The second kappa shape index (κ2) is 10.2. The number of amides is 1. The lowest BCUT2D eigenvalue weighted by atomic mass is 9.97. The van der Waals surface area contributed by atoms with Crippen LogP contribution in [0.2, 0.25) is 0 Å². The number of hydrogen-bond acceptors (Lipinski definition) is 9. The van der Waals surface area contributed by atoms with Crippen LogP contribution in [0.5, 0.6) is 0 Å². The second-order valence-corrected chi connectivity index (χ2v) is 12.1. The van der Waals surface area contributed by atoms with Gasteiger partial charge in [0.25, 0.3) is 15.9 Å². The van der Waals surface area contributed by atoms with Crippen LogP contribution in [-0.2, 0) is 10.0 Å². The minimum atomic E-state index is -4.24. The molecule has 1 aliphatic rings. The number of sulfonamides is 1. The number of nitrogens with one attached hydrogen (secondary N) is 1. The second-order valence-electron chi connectivity index (χ2n) is 10.5. The van der Waals surface area contributed by atoms with Crippen LogP contribution in [0.3, 0.4) is 0 Å². The molecule has 4 rings (SSSR count). The molecule has 11 heteroatoms. The lowest BCUT2D eigenvalue weighted by Crippen LogP contribution is -2.41. The van der Waals surface area contributed by atoms with Crippen molar-refractivity contribution >= 4 is 33.4 Å². The van der Waals surface area contributed by atoms with E-state index in [1.807, 2.05) is 20.0 Å². The number of anilines is 3. The van der Waals surface area contributed by atoms with Crippen molar-refractivity contribution in [3.05, 3.63) is 53.7 Å². The van der Waals surface area contributed by atoms with Gasteiger partial charge in [0.05, 0.1) is 11.3 Å². The first-order valence-electron chi connectivity index (χ1n) is 12.6. The van der Waals surface area contributed by atoms with Gasteiger partial charge in [-0.1, -0.05) is 13.0 Å². The Hall–Kier alpha value is -3.73. The van der Waals surface area contributed by atoms with E-state index in [1.54, 1.807) is 18.3 Å². The predicted molar refractivity (Wildman–Crippen MR) is 150 cm³/mol. The molecule has 0 aromatic carbocycles. The third-order valence-electron chi connectivity index (χ3n) is 6.88. The monoisotopic (exact) mass is 537 g/mol. The van der Waals surface area contributed by atoms with Crippen LogP contribution < -0.4 is 20.3 Å². The molecule has 1 saturated heterocycles. The average molecular weight is 538 g/mol. The number of rotatable bonds is 7. The number of nitrogens with zero attached hydrogens (tertiary/aromatic N) is 5. The summed E-state index contributed by atoms with van der Waals surface area (Å²) in [5.74, 6) is 0.951. The topological polar surface area (TPSA) is 134 Å². The van der Waals surface area contributed by atoms with Crippen LogP contribution >= 0.6 is 0 Å². The highest BCUT2D eigenvalue weighted by atomic mass is 32.2. The number of aryl methyl sites for hydroxylation is 1. The van der Waals surface area contributed by atoms with Crippen molar-refractivity contribution in [3.8, 4) is 11.3 Å². The Morgan fingerprint density at radius 1 is 1.24 bits per heavy atom. The largest absolute Gasteiger partial charge is 0.384 e. The van der Waals surface area contributed by atoms with Crippen LogP contribution in [0.1, 0.15) is 50.0 Å². The van der Waals surface area contributed by atoms with E-state index >= 15 is 0 Å². The summed E-state index contributed by atoms with van der Waals surface area (Å²) in [7, 11) is -2.26. The summed E-state index contributed by atoms with van der Waals surface area (Å²) in [4.78, 5) is 31.0. The zero-order chi connectivity index (χ0) is 27.8. The summed E-state index contributed by atoms with van der Waals surface area (Å²) in [5.41, 5.74) is 8.00. The van der Waals surface area contributed by atoms with E-state index in [0.717, 1.165) is 29.9 Å². The summed E-state index contributed by atoms with van der Waals surface area (Å²) in [6.45, 7) is 11.9. The first-order valence-corrected chi connectivity index (χ1v) is 14.1. The SMILES string of the molecule is CCN(C)c1ncc(-c2ccc(C(=O)NS(=O)(=O)c3cccc(N)n3)c(N3C[C@@H](C)CC3(C)C)n2)cc1C. The van der Waals surface area contributed by atoms with Gasteiger partial charge in [-0.05, 0) is 75.9 Å².